The lowest BCUT2D eigenvalue weighted by molar-refractivity contribution is -0.393. The number of rotatable bonds is 5. The molecule has 0 radical (unpaired) electrons. The van der Waals surface area contributed by atoms with E-state index in [1.807, 2.05) is 6.92 Å². The Morgan fingerprint density at radius 3 is 2.59 bits per heavy atom. The fourth-order valence-electron chi connectivity index (χ4n) is 1.09. The molecule has 1 N–H and O–H groups in total. The summed E-state index contributed by atoms with van der Waals surface area (Å²) in [5.74, 6) is 0. The summed E-state index contributed by atoms with van der Waals surface area (Å²) in [6.07, 6.45) is 2.21. The summed E-state index contributed by atoms with van der Waals surface area (Å²) >= 11 is 0. The number of hydrogen-bond donors (Lipinski definition) is 1. The van der Waals surface area contributed by atoms with Crippen LogP contribution in [0.4, 0.5) is 17.1 Å². The van der Waals surface area contributed by atoms with E-state index in [1.165, 1.54) is 18.3 Å². The van der Waals surface area contributed by atoms with Crippen LogP contribution in [0.5, 0.6) is 0 Å². The maximum atomic E-state index is 10.7. The summed E-state index contributed by atoms with van der Waals surface area (Å²) in [6.45, 7) is 1.86. The molecule has 0 aliphatic heterocycles. The van der Waals surface area contributed by atoms with E-state index in [0.717, 1.165) is 6.07 Å². The lowest BCUT2D eigenvalue weighted by atomic mass is 10.6. The zero-order chi connectivity index (χ0) is 12.8. The third-order valence-electron chi connectivity index (χ3n) is 1.85. The molecule has 0 saturated carbocycles. The second-order valence-electron chi connectivity index (χ2n) is 3.05. The van der Waals surface area contributed by atoms with Crippen molar-refractivity contribution in [2.24, 2.45) is 5.10 Å². The van der Waals surface area contributed by atoms with Gasteiger partial charge in [0.1, 0.15) is 5.69 Å². The van der Waals surface area contributed by atoms with Crippen molar-refractivity contribution in [3.63, 3.8) is 0 Å². The van der Waals surface area contributed by atoms with Gasteiger partial charge in [-0.05, 0) is 12.5 Å². The Kier molecular flexibility index (Phi) is 4.09. The fourth-order valence-corrected chi connectivity index (χ4v) is 1.09. The van der Waals surface area contributed by atoms with Gasteiger partial charge in [0.25, 0.3) is 5.69 Å². The summed E-state index contributed by atoms with van der Waals surface area (Å²) in [7, 11) is 0. The van der Waals surface area contributed by atoms with Crippen LogP contribution < -0.4 is 5.43 Å². The first-order valence-corrected chi connectivity index (χ1v) is 4.76. The maximum absolute atomic E-state index is 10.7. The largest absolute Gasteiger partial charge is 0.301 e. The highest BCUT2D eigenvalue weighted by Gasteiger charge is 2.18. The molecule has 0 heterocycles. The average Bonchev–Trinajstić information content (AvgIpc) is 2.29. The van der Waals surface area contributed by atoms with Gasteiger partial charge in [-0.1, -0.05) is 6.92 Å². The van der Waals surface area contributed by atoms with E-state index in [-0.39, 0.29) is 17.1 Å². The number of hydrogen-bond acceptors (Lipinski definition) is 6. The van der Waals surface area contributed by atoms with Crippen molar-refractivity contribution < 1.29 is 9.85 Å². The number of nitro groups is 2. The van der Waals surface area contributed by atoms with Gasteiger partial charge in [0.2, 0.25) is 0 Å². The summed E-state index contributed by atoms with van der Waals surface area (Å²) in [5.41, 5.74) is 1.87. The Bertz CT molecular complexity index is 472. The van der Waals surface area contributed by atoms with Crippen LogP contribution in [0.3, 0.4) is 0 Å². The minimum absolute atomic E-state index is 0.116. The second-order valence-corrected chi connectivity index (χ2v) is 3.05. The topological polar surface area (TPSA) is 111 Å². The maximum Gasteiger partial charge on any atom is 0.301 e. The minimum Gasteiger partial charge on any atom is -0.272 e. The van der Waals surface area contributed by atoms with Crippen LogP contribution in [0.15, 0.2) is 23.3 Å². The van der Waals surface area contributed by atoms with E-state index in [1.54, 1.807) is 0 Å². The monoisotopic (exact) mass is 244 g/mol. The Morgan fingerprint density at radius 1 is 1.35 bits per heavy atom. The van der Waals surface area contributed by atoms with Gasteiger partial charge < -0.3 is 0 Å². The number of nitro benzene ring substituents is 2. The molecule has 0 spiro atoms. The number of hydrazone groups is 1. The van der Waals surface area contributed by atoms with Gasteiger partial charge >= 0.3 is 5.69 Å². The van der Waals surface area contributed by atoms with Crippen LogP contribution in [-0.4, -0.2) is 16.1 Å². The molecule has 0 fully saturated rings. The van der Waals surface area contributed by atoms with Gasteiger partial charge in [0, 0.05) is 12.3 Å². The Labute approximate surface area is 96.2 Å². The van der Waals surface area contributed by atoms with Gasteiger partial charge in [0.05, 0.1) is 15.9 Å². The molecule has 1 aromatic rings. The zero-order valence-corrected chi connectivity index (χ0v) is 8.99. The van der Waals surface area contributed by atoms with Crippen LogP contribution in [0.25, 0.3) is 0 Å². The van der Waals surface area contributed by atoms with Crippen molar-refractivity contribution in [1.82, 2.24) is 0 Å². The van der Waals surface area contributed by atoms with E-state index in [0.29, 0.717) is 6.42 Å². The van der Waals surface area contributed by atoms with E-state index < -0.39 is 9.85 Å². The van der Waals surface area contributed by atoms with E-state index >= 15 is 0 Å². The number of benzene rings is 1. The first-order valence-electron chi connectivity index (χ1n) is 4.76. The summed E-state index contributed by atoms with van der Waals surface area (Å²) < 4.78 is 0. The highest BCUT2D eigenvalue weighted by atomic mass is 16.7. The fraction of sp³-hybridized carbons (Fsp3) is 0.222. The standard InChI is InChI=1S/C9H10N4O4/c1-2-5-10-11-8-4-3-7(12(14)15)6-9(8)13(16)17/h3-6,11H,2H2,1H3/b10-5+/i3+1,4+1,6+1,7+1,8+1,9+1. The van der Waals surface area contributed by atoms with Crippen molar-refractivity contribution >= 4 is 23.3 Å². The lowest BCUT2D eigenvalue weighted by Gasteiger charge is -2.01. The Hall–Kier alpha value is -2.51. The number of anilines is 1. The lowest BCUT2D eigenvalue weighted by Crippen LogP contribution is -1.98. The highest BCUT2D eigenvalue weighted by Crippen LogP contribution is 2.28. The molecule has 8 heteroatoms. The third kappa shape index (κ3) is 3.23. The van der Waals surface area contributed by atoms with Crippen LogP contribution >= 0.6 is 0 Å². The van der Waals surface area contributed by atoms with Crippen molar-refractivity contribution in [2.75, 3.05) is 5.43 Å². The van der Waals surface area contributed by atoms with Crippen molar-refractivity contribution in [3.8, 4) is 0 Å². The first kappa shape index (κ1) is 12.6. The molecule has 1 aromatic carbocycles. The smallest absolute Gasteiger partial charge is 0.272 e. The van der Waals surface area contributed by atoms with E-state index in [2.05, 4.69) is 10.5 Å². The molecule has 0 amide bonds. The normalized spacial score (nSPS) is 10.4. The van der Waals surface area contributed by atoms with Crippen molar-refractivity contribution in [3.05, 3.63) is 38.4 Å². The summed E-state index contributed by atoms with van der Waals surface area (Å²) in [4.78, 5) is 19.8. The minimum atomic E-state index is -0.698. The van der Waals surface area contributed by atoms with Crippen molar-refractivity contribution in [2.45, 2.75) is 13.3 Å². The number of non-ortho nitro benzene ring substituents is 1. The van der Waals surface area contributed by atoms with Gasteiger partial charge in [0.15, 0.2) is 0 Å². The predicted molar refractivity (Wildman–Crippen MR) is 62.2 cm³/mol. The van der Waals surface area contributed by atoms with Gasteiger partial charge in [-0.25, -0.2) is 0 Å². The molecule has 0 atom stereocenters. The molecule has 17 heavy (non-hydrogen) atoms. The molecule has 0 aromatic heterocycles. The van der Waals surface area contributed by atoms with Crippen molar-refractivity contribution in [1.29, 1.82) is 0 Å². The molecule has 0 aliphatic rings. The van der Waals surface area contributed by atoms with Crippen LogP contribution in [-0.2, 0) is 0 Å². The zero-order valence-electron chi connectivity index (χ0n) is 8.99. The predicted octanol–water partition coefficient (Wildman–Crippen LogP) is 2.31. The average molecular weight is 244 g/mol. The molecule has 8 nitrogen and oxygen atoms in total. The van der Waals surface area contributed by atoms with Crippen LogP contribution in [0.2, 0.25) is 0 Å². The molecule has 1 rings (SSSR count). The third-order valence-corrected chi connectivity index (χ3v) is 1.85. The molecular weight excluding hydrogens is 234 g/mol. The molecule has 0 bridgehead atoms. The van der Waals surface area contributed by atoms with E-state index in [9.17, 15) is 20.2 Å². The Morgan fingerprint density at radius 2 is 2.06 bits per heavy atom. The second kappa shape index (κ2) is 5.54. The quantitative estimate of drug-likeness (QED) is 0.485. The Balaban J connectivity index is 3.08. The van der Waals surface area contributed by atoms with Gasteiger partial charge in [-0.2, -0.15) is 5.10 Å². The first-order chi connectivity index (χ1) is 8.06. The molecule has 0 unspecified atom stereocenters. The molecule has 90 valence electrons. The SMILES string of the molecule is CC/C=N/N[13c]1[13cH][13cH][13c]([N+](=O)[O-])[13cH][13c]1[N+](=O)[O-]. The number of nitrogens with one attached hydrogen (secondary N) is 1. The summed E-state index contributed by atoms with van der Waals surface area (Å²) in [5, 5.41) is 24.9. The number of nitrogens with zero attached hydrogens (tertiary/aromatic N) is 3. The van der Waals surface area contributed by atoms with Gasteiger partial charge in [-0.15, -0.1) is 0 Å². The van der Waals surface area contributed by atoms with Gasteiger partial charge in [-0.3, -0.25) is 25.7 Å². The molecule has 0 saturated heterocycles. The molecular formula is C9H10N4O4. The highest BCUT2D eigenvalue weighted by molar-refractivity contribution is 5.67. The van der Waals surface area contributed by atoms with E-state index in [4.69, 9.17) is 0 Å². The molecule has 0 aliphatic carbocycles. The van der Waals surface area contributed by atoms with Crippen LogP contribution in [0.1, 0.15) is 13.3 Å². The van der Waals surface area contributed by atoms with Crippen LogP contribution in [0, 0.1) is 20.2 Å². The summed E-state index contributed by atoms with van der Waals surface area (Å²) in [6, 6.07) is 3.32.